The summed E-state index contributed by atoms with van der Waals surface area (Å²) in [5.41, 5.74) is -0.513. The van der Waals surface area contributed by atoms with Crippen molar-refractivity contribution in [2.75, 3.05) is 13.2 Å². The van der Waals surface area contributed by atoms with Crippen LogP contribution < -0.4 is 0 Å². The molecular formula is C12H12ClNO5. The number of hydrogen-bond acceptors (Lipinski definition) is 4. The summed E-state index contributed by atoms with van der Waals surface area (Å²) in [7, 11) is 0. The molecule has 0 aromatic heterocycles. The predicted octanol–water partition coefficient (Wildman–Crippen LogP) is 2.28. The van der Waals surface area contributed by atoms with Gasteiger partial charge in [-0.1, -0.05) is 17.7 Å². The number of nitro groups is 1. The molecule has 1 aliphatic heterocycles. The number of ether oxygens (including phenoxy) is 1. The molecule has 1 fully saturated rings. The summed E-state index contributed by atoms with van der Waals surface area (Å²) in [6, 6.07) is 4.07. The van der Waals surface area contributed by atoms with Crippen LogP contribution in [0.15, 0.2) is 18.2 Å². The first-order valence-corrected chi connectivity index (χ1v) is 6.06. The van der Waals surface area contributed by atoms with Crippen LogP contribution in [-0.4, -0.2) is 29.2 Å². The molecule has 1 aromatic rings. The second kappa shape index (κ2) is 5.14. The molecule has 102 valence electrons. The Labute approximate surface area is 114 Å². The first-order chi connectivity index (χ1) is 8.94. The number of hydrogen-bond donors (Lipinski definition) is 1. The Morgan fingerprint density at radius 3 is 2.79 bits per heavy atom. The van der Waals surface area contributed by atoms with E-state index in [2.05, 4.69) is 0 Å². The van der Waals surface area contributed by atoms with Gasteiger partial charge in [0.25, 0.3) is 5.69 Å². The SMILES string of the molecule is O=C(O)C1(Cc2ccc([N+](=O)[O-])cc2Cl)CCOC1. The molecule has 1 aliphatic rings. The van der Waals surface area contributed by atoms with Gasteiger partial charge in [0, 0.05) is 18.7 Å². The molecule has 6 nitrogen and oxygen atoms in total. The Bertz CT molecular complexity index is 525. The number of nitrogens with zero attached hydrogens (tertiary/aromatic N) is 1. The van der Waals surface area contributed by atoms with Crippen molar-refractivity contribution in [2.24, 2.45) is 5.41 Å². The van der Waals surface area contributed by atoms with Crippen LogP contribution in [0.25, 0.3) is 0 Å². The summed E-state index contributed by atoms with van der Waals surface area (Å²) in [5, 5.41) is 20.2. The number of rotatable bonds is 4. The van der Waals surface area contributed by atoms with Gasteiger partial charge >= 0.3 is 5.97 Å². The minimum atomic E-state index is -0.986. The summed E-state index contributed by atoms with van der Waals surface area (Å²) in [5.74, 6) is -0.931. The molecule has 1 saturated heterocycles. The second-order valence-corrected chi connectivity index (χ2v) is 5.00. The lowest BCUT2D eigenvalue weighted by Crippen LogP contribution is -2.33. The third-order valence-corrected chi connectivity index (χ3v) is 3.69. The molecule has 0 spiro atoms. The highest BCUT2D eigenvalue weighted by Gasteiger charge is 2.42. The Morgan fingerprint density at radius 1 is 1.58 bits per heavy atom. The van der Waals surface area contributed by atoms with Crippen molar-refractivity contribution in [3.63, 3.8) is 0 Å². The van der Waals surface area contributed by atoms with Crippen LogP contribution >= 0.6 is 11.6 Å². The molecule has 7 heteroatoms. The van der Waals surface area contributed by atoms with E-state index in [0.29, 0.717) is 18.6 Å². The van der Waals surface area contributed by atoms with Gasteiger partial charge in [0.1, 0.15) is 0 Å². The molecular weight excluding hydrogens is 274 g/mol. The van der Waals surface area contributed by atoms with Crippen molar-refractivity contribution < 1.29 is 19.6 Å². The van der Waals surface area contributed by atoms with E-state index < -0.39 is 16.3 Å². The average molecular weight is 286 g/mol. The molecule has 1 N–H and O–H groups in total. The first-order valence-electron chi connectivity index (χ1n) is 5.69. The quantitative estimate of drug-likeness (QED) is 0.677. The number of nitro benzene ring substituents is 1. The number of carboxylic acid groups (broad SMARTS) is 1. The van der Waals surface area contributed by atoms with Crippen molar-refractivity contribution in [3.05, 3.63) is 38.9 Å². The fraction of sp³-hybridized carbons (Fsp3) is 0.417. The summed E-state index contributed by atoms with van der Waals surface area (Å²) in [6.45, 7) is 0.534. The zero-order valence-electron chi connectivity index (χ0n) is 9.97. The maximum atomic E-state index is 11.4. The van der Waals surface area contributed by atoms with Gasteiger partial charge in [-0.05, 0) is 18.4 Å². The topological polar surface area (TPSA) is 89.7 Å². The van der Waals surface area contributed by atoms with E-state index in [4.69, 9.17) is 16.3 Å². The van der Waals surface area contributed by atoms with Crippen molar-refractivity contribution in [2.45, 2.75) is 12.8 Å². The van der Waals surface area contributed by atoms with Gasteiger partial charge in [-0.2, -0.15) is 0 Å². The molecule has 0 bridgehead atoms. The summed E-state index contributed by atoms with van der Waals surface area (Å²) < 4.78 is 5.16. The number of carbonyl (C=O) groups is 1. The van der Waals surface area contributed by atoms with E-state index in [1.54, 1.807) is 0 Å². The molecule has 2 rings (SSSR count). The normalized spacial score (nSPS) is 22.4. The number of aliphatic carboxylic acids is 1. The Hall–Kier alpha value is -1.66. The molecule has 0 saturated carbocycles. The molecule has 1 atom stereocenters. The minimum Gasteiger partial charge on any atom is -0.481 e. The molecule has 1 heterocycles. The van der Waals surface area contributed by atoms with E-state index in [-0.39, 0.29) is 23.7 Å². The number of non-ortho nitro benzene ring substituents is 1. The van der Waals surface area contributed by atoms with Crippen molar-refractivity contribution in [1.29, 1.82) is 0 Å². The van der Waals surface area contributed by atoms with Gasteiger partial charge in [0.15, 0.2) is 0 Å². The average Bonchev–Trinajstić information content (AvgIpc) is 2.81. The largest absolute Gasteiger partial charge is 0.481 e. The van der Waals surface area contributed by atoms with Gasteiger partial charge in [-0.15, -0.1) is 0 Å². The summed E-state index contributed by atoms with van der Waals surface area (Å²) in [6.07, 6.45) is 0.620. The highest BCUT2D eigenvalue weighted by atomic mass is 35.5. The molecule has 0 amide bonds. The number of halogens is 1. The molecule has 0 aliphatic carbocycles. The fourth-order valence-corrected chi connectivity index (χ4v) is 2.39. The maximum Gasteiger partial charge on any atom is 0.312 e. The third-order valence-electron chi connectivity index (χ3n) is 3.33. The number of carboxylic acids is 1. The Kier molecular flexibility index (Phi) is 3.73. The smallest absolute Gasteiger partial charge is 0.312 e. The Balaban J connectivity index is 2.28. The lowest BCUT2D eigenvalue weighted by Gasteiger charge is -2.22. The van der Waals surface area contributed by atoms with Crippen LogP contribution in [0.2, 0.25) is 5.02 Å². The van der Waals surface area contributed by atoms with E-state index >= 15 is 0 Å². The Morgan fingerprint density at radius 2 is 2.32 bits per heavy atom. The van der Waals surface area contributed by atoms with Crippen molar-refractivity contribution in [3.8, 4) is 0 Å². The molecule has 1 aromatic carbocycles. The monoisotopic (exact) mass is 285 g/mol. The summed E-state index contributed by atoms with van der Waals surface area (Å²) >= 11 is 5.98. The lowest BCUT2D eigenvalue weighted by atomic mass is 9.81. The zero-order valence-corrected chi connectivity index (χ0v) is 10.7. The standard InChI is InChI=1S/C12H12ClNO5/c13-10-5-9(14(17)18)2-1-8(10)6-12(11(15)16)3-4-19-7-12/h1-2,5H,3-4,6-7H2,(H,15,16). The first kappa shape index (κ1) is 13.8. The fourth-order valence-electron chi connectivity index (χ4n) is 2.15. The zero-order chi connectivity index (χ0) is 14.0. The van der Waals surface area contributed by atoms with Gasteiger partial charge in [-0.3, -0.25) is 14.9 Å². The molecule has 0 radical (unpaired) electrons. The lowest BCUT2D eigenvalue weighted by molar-refractivity contribution is -0.384. The molecule has 19 heavy (non-hydrogen) atoms. The van der Waals surface area contributed by atoms with Crippen LogP contribution in [0.1, 0.15) is 12.0 Å². The third kappa shape index (κ3) is 2.69. The highest BCUT2D eigenvalue weighted by molar-refractivity contribution is 6.31. The highest BCUT2D eigenvalue weighted by Crippen LogP contribution is 2.35. The summed E-state index contributed by atoms with van der Waals surface area (Å²) in [4.78, 5) is 21.5. The van der Waals surface area contributed by atoms with E-state index in [1.165, 1.54) is 18.2 Å². The second-order valence-electron chi connectivity index (χ2n) is 4.60. The van der Waals surface area contributed by atoms with Gasteiger partial charge in [0.2, 0.25) is 0 Å². The van der Waals surface area contributed by atoms with Crippen LogP contribution in [-0.2, 0) is 16.0 Å². The predicted molar refractivity (Wildman–Crippen MR) is 67.3 cm³/mol. The van der Waals surface area contributed by atoms with Gasteiger partial charge in [-0.25, -0.2) is 0 Å². The van der Waals surface area contributed by atoms with Crippen LogP contribution in [0.5, 0.6) is 0 Å². The van der Waals surface area contributed by atoms with Crippen molar-refractivity contribution >= 4 is 23.3 Å². The van der Waals surface area contributed by atoms with Crippen LogP contribution in [0.4, 0.5) is 5.69 Å². The minimum absolute atomic E-state index is 0.110. The van der Waals surface area contributed by atoms with Crippen molar-refractivity contribution in [1.82, 2.24) is 0 Å². The van der Waals surface area contributed by atoms with E-state index in [9.17, 15) is 20.0 Å². The van der Waals surface area contributed by atoms with Crippen LogP contribution in [0, 0.1) is 15.5 Å². The van der Waals surface area contributed by atoms with Crippen LogP contribution in [0.3, 0.4) is 0 Å². The van der Waals surface area contributed by atoms with E-state index in [0.717, 1.165) is 0 Å². The van der Waals surface area contributed by atoms with Gasteiger partial charge < -0.3 is 9.84 Å². The maximum absolute atomic E-state index is 11.4. The van der Waals surface area contributed by atoms with Gasteiger partial charge in [0.05, 0.1) is 22.0 Å². The van der Waals surface area contributed by atoms with E-state index in [1.807, 2.05) is 0 Å². The molecule has 1 unspecified atom stereocenters. The number of benzene rings is 1.